The first-order valence-electron chi connectivity index (χ1n) is 12.2. The van der Waals surface area contributed by atoms with Crippen molar-refractivity contribution in [2.24, 2.45) is 0 Å². The minimum absolute atomic E-state index is 0.114. The molecule has 2 atom stereocenters. The summed E-state index contributed by atoms with van der Waals surface area (Å²) in [5.74, 6) is -1.75. The number of ether oxygens (including phenoxy) is 5. The molecule has 1 fully saturated rings. The summed E-state index contributed by atoms with van der Waals surface area (Å²) < 4.78 is 56.2. The lowest BCUT2D eigenvalue weighted by atomic mass is 10.00. The predicted octanol–water partition coefficient (Wildman–Crippen LogP) is 4.77. The number of nitro groups is 1. The molecule has 0 bridgehead atoms. The number of hydrogen-bond acceptors (Lipinski definition) is 10. The Bertz CT molecular complexity index is 1340. The Morgan fingerprint density at radius 1 is 1.15 bits per heavy atom. The second-order valence-electron chi connectivity index (χ2n) is 9.12. The molecule has 1 aliphatic rings. The molecular weight excluding hydrogens is 518 g/mol. The lowest BCUT2D eigenvalue weighted by molar-refractivity contribution is -0.385. The third-order valence-corrected chi connectivity index (χ3v) is 6.23. The van der Waals surface area contributed by atoms with Crippen molar-refractivity contribution in [3.05, 3.63) is 57.4 Å². The van der Waals surface area contributed by atoms with Crippen LogP contribution in [-0.2, 0) is 26.7 Å². The molecule has 2 heterocycles. The predicted molar refractivity (Wildman–Crippen MR) is 138 cm³/mol. The summed E-state index contributed by atoms with van der Waals surface area (Å²) in [5.41, 5.74) is -0.180. The number of aromatic nitrogens is 2. The van der Waals surface area contributed by atoms with Crippen LogP contribution in [-0.4, -0.2) is 62.1 Å². The Labute approximate surface area is 223 Å². The standard InChI is InChI=1S/C26H30F2N4O7/c1-15(16-7-17(26(27,28)14-36-3)9-18(8-16)32(33)34)29-25-20-10-23(39-19-5-6-38-12-19)22(37-4)11-21(20)30-24(31-25)13-35-2/h7-11,15,19H,5-6,12-14H2,1-4H3,(H,29,30,31)/t15-,19+/m1/s1. The van der Waals surface area contributed by atoms with Gasteiger partial charge in [-0.25, -0.2) is 9.97 Å². The molecule has 2 aromatic carbocycles. The third-order valence-electron chi connectivity index (χ3n) is 6.23. The van der Waals surface area contributed by atoms with Gasteiger partial charge >= 0.3 is 0 Å². The lowest BCUT2D eigenvalue weighted by Gasteiger charge is -2.21. The summed E-state index contributed by atoms with van der Waals surface area (Å²) in [6.07, 6.45) is 0.590. The van der Waals surface area contributed by atoms with E-state index in [1.165, 1.54) is 26.4 Å². The first-order valence-corrected chi connectivity index (χ1v) is 12.2. The summed E-state index contributed by atoms with van der Waals surface area (Å²) in [6.45, 7) is 1.95. The first kappa shape index (κ1) is 28.3. The van der Waals surface area contributed by atoms with Crippen LogP contribution < -0.4 is 14.8 Å². The quantitative estimate of drug-likeness (QED) is 0.250. The normalized spacial score (nSPS) is 16.3. The number of nitrogens with zero attached hydrogens (tertiary/aromatic N) is 3. The van der Waals surface area contributed by atoms with E-state index < -0.39 is 34.7 Å². The van der Waals surface area contributed by atoms with Crippen LogP contribution in [0.5, 0.6) is 11.5 Å². The summed E-state index contributed by atoms with van der Waals surface area (Å²) >= 11 is 0. The second-order valence-corrected chi connectivity index (χ2v) is 9.12. The monoisotopic (exact) mass is 548 g/mol. The second kappa shape index (κ2) is 12.0. The summed E-state index contributed by atoms with van der Waals surface area (Å²) in [4.78, 5) is 20.0. The minimum Gasteiger partial charge on any atom is -0.493 e. The van der Waals surface area contributed by atoms with Gasteiger partial charge in [0.2, 0.25) is 0 Å². The van der Waals surface area contributed by atoms with E-state index in [4.69, 9.17) is 18.9 Å². The van der Waals surface area contributed by atoms with E-state index in [1.54, 1.807) is 19.1 Å². The topological polar surface area (TPSA) is 127 Å². The zero-order chi connectivity index (χ0) is 28.2. The van der Waals surface area contributed by atoms with Crippen molar-refractivity contribution >= 4 is 22.4 Å². The molecular formula is C26H30F2N4O7. The van der Waals surface area contributed by atoms with Crippen molar-refractivity contribution in [2.75, 3.05) is 46.5 Å². The number of non-ortho nitro benzene ring substituents is 1. The minimum atomic E-state index is -3.42. The van der Waals surface area contributed by atoms with Crippen molar-refractivity contribution in [3.63, 3.8) is 0 Å². The number of methoxy groups -OCH3 is 3. The van der Waals surface area contributed by atoms with Crippen LogP contribution in [0.1, 0.15) is 36.3 Å². The molecule has 210 valence electrons. The molecule has 0 aliphatic carbocycles. The number of hydrogen-bond donors (Lipinski definition) is 1. The molecule has 1 saturated heterocycles. The highest BCUT2D eigenvalue weighted by Crippen LogP contribution is 2.38. The molecule has 0 amide bonds. The molecule has 0 saturated carbocycles. The SMILES string of the molecule is COCc1nc(N[C@H](C)c2cc([N+](=O)[O-])cc(C(F)(F)COC)c2)c2cc(O[C@H]3CCOC3)c(OC)cc2n1. The van der Waals surface area contributed by atoms with Gasteiger partial charge in [-0.1, -0.05) is 0 Å². The molecule has 1 N–H and O–H groups in total. The zero-order valence-corrected chi connectivity index (χ0v) is 22.0. The Morgan fingerprint density at radius 2 is 1.95 bits per heavy atom. The summed E-state index contributed by atoms with van der Waals surface area (Å²) in [6, 6.07) is 6.12. The molecule has 11 nitrogen and oxygen atoms in total. The van der Waals surface area contributed by atoms with E-state index in [9.17, 15) is 18.9 Å². The van der Waals surface area contributed by atoms with Crippen LogP contribution in [0.4, 0.5) is 20.3 Å². The molecule has 1 aromatic heterocycles. The Kier molecular flexibility index (Phi) is 8.73. The van der Waals surface area contributed by atoms with Crippen molar-refractivity contribution < 1.29 is 37.4 Å². The van der Waals surface area contributed by atoms with Crippen LogP contribution in [0.3, 0.4) is 0 Å². The van der Waals surface area contributed by atoms with E-state index >= 15 is 0 Å². The number of halogens is 2. The van der Waals surface area contributed by atoms with Gasteiger partial charge in [0.15, 0.2) is 17.3 Å². The Balaban J connectivity index is 1.77. The highest BCUT2D eigenvalue weighted by Gasteiger charge is 2.34. The van der Waals surface area contributed by atoms with Gasteiger partial charge in [-0.05, 0) is 24.6 Å². The van der Waals surface area contributed by atoms with Crippen molar-refractivity contribution in [1.29, 1.82) is 0 Å². The number of nitrogens with one attached hydrogen (secondary N) is 1. The van der Waals surface area contributed by atoms with Gasteiger partial charge < -0.3 is 29.0 Å². The molecule has 1 aliphatic heterocycles. The number of nitro benzene ring substituents is 1. The van der Waals surface area contributed by atoms with Crippen LogP contribution >= 0.6 is 0 Å². The first-order chi connectivity index (χ1) is 18.6. The third kappa shape index (κ3) is 6.49. The fraction of sp³-hybridized carbons (Fsp3) is 0.462. The van der Waals surface area contributed by atoms with E-state index in [0.717, 1.165) is 19.6 Å². The molecule has 39 heavy (non-hydrogen) atoms. The Hall–Kier alpha value is -3.68. The van der Waals surface area contributed by atoms with Gasteiger partial charge in [0.05, 0.1) is 36.8 Å². The number of anilines is 1. The smallest absolute Gasteiger partial charge is 0.296 e. The van der Waals surface area contributed by atoms with Crippen LogP contribution in [0.2, 0.25) is 0 Å². The summed E-state index contributed by atoms with van der Waals surface area (Å²) in [7, 11) is 4.17. The van der Waals surface area contributed by atoms with Crippen molar-refractivity contribution in [3.8, 4) is 11.5 Å². The van der Waals surface area contributed by atoms with Gasteiger partial charge in [-0.2, -0.15) is 8.78 Å². The van der Waals surface area contributed by atoms with Crippen molar-refractivity contribution in [2.45, 2.75) is 38.0 Å². The fourth-order valence-electron chi connectivity index (χ4n) is 4.28. The maximum atomic E-state index is 14.7. The van der Waals surface area contributed by atoms with Gasteiger partial charge in [0, 0.05) is 49.8 Å². The maximum absolute atomic E-state index is 14.7. The van der Waals surface area contributed by atoms with Gasteiger partial charge in [-0.3, -0.25) is 10.1 Å². The van der Waals surface area contributed by atoms with E-state index in [0.29, 0.717) is 47.3 Å². The summed E-state index contributed by atoms with van der Waals surface area (Å²) in [5, 5.41) is 15.3. The van der Waals surface area contributed by atoms with Crippen molar-refractivity contribution in [1.82, 2.24) is 9.97 Å². The molecule has 0 unspecified atom stereocenters. The van der Waals surface area contributed by atoms with E-state index in [2.05, 4.69) is 20.0 Å². The molecule has 4 rings (SSSR count). The van der Waals surface area contributed by atoms with Crippen LogP contribution in [0.15, 0.2) is 30.3 Å². The highest BCUT2D eigenvalue weighted by atomic mass is 19.3. The van der Waals surface area contributed by atoms with Crippen LogP contribution in [0.25, 0.3) is 10.9 Å². The molecule has 0 spiro atoms. The van der Waals surface area contributed by atoms with E-state index in [1.807, 2.05) is 0 Å². The highest BCUT2D eigenvalue weighted by molar-refractivity contribution is 5.92. The molecule has 13 heteroatoms. The maximum Gasteiger partial charge on any atom is 0.296 e. The average Bonchev–Trinajstić information content (AvgIpc) is 3.41. The van der Waals surface area contributed by atoms with Gasteiger partial charge in [-0.15, -0.1) is 0 Å². The number of benzene rings is 2. The fourth-order valence-corrected chi connectivity index (χ4v) is 4.28. The molecule has 3 aromatic rings. The lowest BCUT2D eigenvalue weighted by Crippen LogP contribution is -2.21. The average molecular weight is 549 g/mol. The van der Waals surface area contributed by atoms with E-state index in [-0.39, 0.29) is 18.3 Å². The van der Waals surface area contributed by atoms with Crippen LogP contribution in [0, 0.1) is 10.1 Å². The Morgan fingerprint density at radius 3 is 2.59 bits per heavy atom. The molecule has 0 radical (unpaired) electrons. The van der Waals surface area contributed by atoms with Gasteiger partial charge in [0.1, 0.15) is 25.1 Å². The zero-order valence-electron chi connectivity index (χ0n) is 22.0. The number of rotatable bonds is 12. The van der Waals surface area contributed by atoms with Gasteiger partial charge in [0.25, 0.3) is 11.6 Å². The largest absolute Gasteiger partial charge is 0.493 e. The number of alkyl halides is 2. The number of fused-ring (bicyclic) bond motifs is 1.